The Labute approximate surface area is 121 Å². The molecule has 1 heterocycles. The second-order valence-electron chi connectivity index (χ2n) is 4.60. The molecule has 0 unspecified atom stereocenters. The van der Waals surface area contributed by atoms with E-state index in [9.17, 15) is 14.9 Å². The topological polar surface area (TPSA) is 66.7 Å². The molecule has 0 N–H and O–H groups in total. The van der Waals surface area contributed by atoms with Gasteiger partial charge in [-0.1, -0.05) is 29.8 Å². The second kappa shape index (κ2) is 5.13. The number of benzene rings is 1. The summed E-state index contributed by atoms with van der Waals surface area (Å²) in [7, 11) is 3.04. The lowest BCUT2D eigenvalue weighted by molar-refractivity contribution is -0.436. The number of hydrogen-bond acceptors (Lipinski definition) is 3. The monoisotopic (exact) mass is 295 g/mol. The molecule has 1 aromatic rings. The van der Waals surface area contributed by atoms with Crippen LogP contribution in [0.4, 0.5) is 4.79 Å². The number of carbonyl (C=O) groups is 1. The lowest BCUT2D eigenvalue weighted by Gasteiger charge is -2.36. The van der Waals surface area contributed by atoms with Gasteiger partial charge in [0.1, 0.15) is 0 Å². The Kier molecular flexibility index (Phi) is 3.67. The highest BCUT2D eigenvalue weighted by Crippen LogP contribution is 2.38. The lowest BCUT2D eigenvalue weighted by Crippen LogP contribution is -2.47. The zero-order chi connectivity index (χ0) is 15.0. The number of nitrogens with zero attached hydrogens (tertiary/aromatic N) is 3. The van der Waals surface area contributed by atoms with Crippen LogP contribution in [0.1, 0.15) is 18.5 Å². The molecule has 0 saturated carbocycles. The Balaban J connectivity index is 2.68. The van der Waals surface area contributed by atoms with Gasteiger partial charge in [-0.05, 0) is 13.0 Å². The third kappa shape index (κ3) is 2.12. The van der Waals surface area contributed by atoms with Gasteiger partial charge in [-0.15, -0.1) is 0 Å². The Hall–Kier alpha value is -2.08. The van der Waals surface area contributed by atoms with Crippen LogP contribution in [0.2, 0.25) is 5.02 Å². The van der Waals surface area contributed by atoms with Gasteiger partial charge in [0.2, 0.25) is 0 Å². The zero-order valence-corrected chi connectivity index (χ0v) is 12.1. The Morgan fingerprint density at radius 3 is 2.45 bits per heavy atom. The van der Waals surface area contributed by atoms with E-state index >= 15 is 0 Å². The smallest absolute Gasteiger partial charge is 0.310 e. The lowest BCUT2D eigenvalue weighted by atomic mass is 9.99. The van der Waals surface area contributed by atoms with Crippen molar-refractivity contribution in [2.75, 3.05) is 14.1 Å². The summed E-state index contributed by atoms with van der Waals surface area (Å²) < 4.78 is 0. The van der Waals surface area contributed by atoms with Crippen LogP contribution < -0.4 is 0 Å². The molecule has 6 nitrogen and oxygen atoms in total. The van der Waals surface area contributed by atoms with Crippen molar-refractivity contribution >= 4 is 17.6 Å². The molecule has 1 aliphatic rings. The van der Waals surface area contributed by atoms with Gasteiger partial charge in [0.25, 0.3) is 5.70 Å². The molecule has 1 aliphatic heterocycles. The summed E-state index contributed by atoms with van der Waals surface area (Å²) in [6, 6.07) is 5.73. The average molecular weight is 296 g/mol. The van der Waals surface area contributed by atoms with Crippen molar-refractivity contribution < 1.29 is 9.72 Å². The highest BCUT2D eigenvalue weighted by molar-refractivity contribution is 6.31. The fourth-order valence-corrected chi connectivity index (χ4v) is 2.57. The minimum Gasteiger partial charge on any atom is -0.310 e. The van der Waals surface area contributed by atoms with Gasteiger partial charge in [0.05, 0.1) is 10.6 Å². The molecule has 0 aromatic heterocycles. The summed E-state index contributed by atoms with van der Waals surface area (Å²) in [4.78, 5) is 25.7. The van der Waals surface area contributed by atoms with E-state index in [2.05, 4.69) is 0 Å². The van der Waals surface area contributed by atoms with Crippen LogP contribution in [0.3, 0.4) is 0 Å². The number of nitro groups is 1. The molecule has 0 aliphatic carbocycles. The molecule has 7 heteroatoms. The van der Waals surface area contributed by atoms with Crippen LogP contribution in [-0.2, 0) is 0 Å². The maximum absolute atomic E-state index is 12.2. The third-order valence-corrected chi connectivity index (χ3v) is 3.85. The van der Waals surface area contributed by atoms with Gasteiger partial charge < -0.3 is 4.90 Å². The van der Waals surface area contributed by atoms with Crippen LogP contribution in [0.5, 0.6) is 0 Å². The Morgan fingerprint density at radius 1 is 1.30 bits per heavy atom. The number of halogens is 1. The first-order valence-electron chi connectivity index (χ1n) is 5.96. The van der Waals surface area contributed by atoms with Crippen molar-refractivity contribution in [1.82, 2.24) is 9.80 Å². The Bertz CT molecular complexity index is 615. The van der Waals surface area contributed by atoms with E-state index in [0.717, 1.165) is 0 Å². The standard InChI is InChI=1S/C13H14ClN3O3/c1-8-11(17(19)20)12(16(3)13(18)15(8)2)9-6-4-5-7-10(9)14/h4-7,12H,1-3H3/t12-/m0/s1. The molecular weight excluding hydrogens is 282 g/mol. The van der Waals surface area contributed by atoms with Gasteiger partial charge in [-0.2, -0.15) is 0 Å². The molecule has 0 radical (unpaired) electrons. The third-order valence-electron chi connectivity index (χ3n) is 3.51. The summed E-state index contributed by atoms with van der Waals surface area (Å²) in [5.74, 6) is 0. The summed E-state index contributed by atoms with van der Waals surface area (Å²) in [6.07, 6.45) is 0. The predicted octanol–water partition coefficient (Wildman–Crippen LogP) is 2.89. The molecule has 0 saturated heterocycles. The molecule has 0 fully saturated rings. The number of carbonyl (C=O) groups excluding carboxylic acids is 1. The number of amides is 2. The largest absolute Gasteiger partial charge is 0.324 e. The van der Waals surface area contributed by atoms with Crippen molar-refractivity contribution in [3.05, 3.63) is 56.4 Å². The van der Waals surface area contributed by atoms with Crippen molar-refractivity contribution in [1.29, 1.82) is 0 Å². The van der Waals surface area contributed by atoms with Crippen molar-refractivity contribution in [3.63, 3.8) is 0 Å². The first-order valence-corrected chi connectivity index (χ1v) is 6.34. The van der Waals surface area contributed by atoms with Crippen molar-refractivity contribution in [2.45, 2.75) is 13.0 Å². The van der Waals surface area contributed by atoms with Gasteiger partial charge in [0, 0.05) is 24.7 Å². The number of hydrogen-bond donors (Lipinski definition) is 0. The molecule has 20 heavy (non-hydrogen) atoms. The van der Waals surface area contributed by atoms with E-state index in [1.165, 1.54) is 23.9 Å². The van der Waals surface area contributed by atoms with E-state index in [0.29, 0.717) is 16.3 Å². The maximum Gasteiger partial charge on any atom is 0.324 e. The normalized spacial score (nSPS) is 19.6. The number of likely N-dealkylation sites (N-methyl/N-ethyl adjacent to an activating group) is 1. The fraction of sp³-hybridized carbons (Fsp3) is 0.308. The van der Waals surface area contributed by atoms with E-state index in [1.54, 1.807) is 31.2 Å². The summed E-state index contributed by atoms with van der Waals surface area (Å²) in [6.45, 7) is 1.56. The minimum atomic E-state index is -0.789. The van der Waals surface area contributed by atoms with Gasteiger partial charge in [0.15, 0.2) is 6.04 Å². The van der Waals surface area contributed by atoms with Crippen LogP contribution in [0.15, 0.2) is 35.7 Å². The van der Waals surface area contributed by atoms with E-state index in [-0.39, 0.29) is 11.7 Å². The first kappa shape index (κ1) is 14.3. The predicted molar refractivity (Wildman–Crippen MR) is 74.8 cm³/mol. The second-order valence-corrected chi connectivity index (χ2v) is 5.01. The van der Waals surface area contributed by atoms with Crippen molar-refractivity contribution in [3.8, 4) is 0 Å². The highest BCUT2D eigenvalue weighted by atomic mass is 35.5. The number of allylic oxidation sites excluding steroid dienone is 1. The fourth-order valence-electron chi connectivity index (χ4n) is 2.33. The van der Waals surface area contributed by atoms with Gasteiger partial charge in [-0.3, -0.25) is 15.0 Å². The zero-order valence-electron chi connectivity index (χ0n) is 11.3. The molecule has 1 aromatic carbocycles. The Morgan fingerprint density at radius 2 is 1.90 bits per heavy atom. The van der Waals surface area contributed by atoms with Crippen LogP contribution in [-0.4, -0.2) is 34.8 Å². The summed E-state index contributed by atoms with van der Waals surface area (Å²) in [5.41, 5.74) is 0.829. The quantitative estimate of drug-likeness (QED) is 0.622. The van der Waals surface area contributed by atoms with E-state index < -0.39 is 11.0 Å². The highest BCUT2D eigenvalue weighted by Gasteiger charge is 2.42. The summed E-state index contributed by atoms with van der Waals surface area (Å²) >= 11 is 6.13. The molecular formula is C13H14ClN3O3. The molecule has 2 rings (SSSR count). The molecule has 0 spiro atoms. The number of urea groups is 1. The SMILES string of the molecule is CC1=C([N+](=O)[O-])[C@H](c2ccccc2Cl)N(C)C(=O)N1C. The van der Waals surface area contributed by atoms with Gasteiger partial charge in [-0.25, -0.2) is 4.79 Å². The molecule has 106 valence electrons. The van der Waals surface area contributed by atoms with Gasteiger partial charge >= 0.3 is 6.03 Å². The van der Waals surface area contributed by atoms with Crippen LogP contribution in [0.25, 0.3) is 0 Å². The van der Waals surface area contributed by atoms with Crippen LogP contribution >= 0.6 is 11.6 Å². The molecule has 0 bridgehead atoms. The van der Waals surface area contributed by atoms with E-state index in [1.807, 2.05) is 0 Å². The maximum atomic E-state index is 12.2. The average Bonchev–Trinajstić information content (AvgIpc) is 2.41. The number of rotatable bonds is 2. The first-order chi connectivity index (χ1) is 9.36. The molecule has 1 atom stereocenters. The van der Waals surface area contributed by atoms with Crippen molar-refractivity contribution in [2.24, 2.45) is 0 Å². The minimum absolute atomic E-state index is 0.0392. The van der Waals surface area contributed by atoms with Crippen LogP contribution in [0, 0.1) is 10.1 Å². The molecule has 2 amide bonds. The summed E-state index contributed by atoms with van der Waals surface area (Å²) in [5, 5.41) is 11.8. The van der Waals surface area contributed by atoms with E-state index in [4.69, 9.17) is 11.6 Å².